The van der Waals surface area contributed by atoms with E-state index in [1.807, 2.05) is 42.5 Å². The van der Waals surface area contributed by atoms with Gasteiger partial charge in [0, 0.05) is 17.6 Å². The van der Waals surface area contributed by atoms with E-state index in [-0.39, 0.29) is 17.4 Å². The monoisotopic (exact) mass is 293 g/mol. The predicted octanol–water partition coefficient (Wildman–Crippen LogP) is 4.41. The molecule has 1 unspecified atom stereocenters. The van der Waals surface area contributed by atoms with Crippen molar-refractivity contribution in [3.8, 4) is 11.1 Å². The Morgan fingerprint density at radius 1 is 0.955 bits per heavy atom. The first-order chi connectivity index (χ1) is 10.5. The fraction of sp³-hybridized carbons (Fsp3) is 0.350. The Labute approximate surface area is 132 Å². The minimum absolute atomic E-state index is 0.0441. The van der Waals surface area contributed by atoms with Gasteiger partial charge < -0.3 is 0 Å². The van der Waals surface area contributed by atoms with Crippen molar-refractivity contribution in [1.29, 1.82) is 0 Å². The van der Waals surface area contributed by atoms with Crippen LogP contribution >= 0.6 is 0 Å². The van der Waals surface area contributed by atoms with Crippen molar-refractivity contribution in [3.63, 3.8) is 0 Å². The molecule has 22 heavy (non-hydrogen) atoms. The Hall–Kier alpha value is -1.93. The molecule has 1 aliphatic rings. The molecule has 0 N–H and O–H groups in total. The molecule has 1 aliphatic heterocycles. The summed E-state index contributed by atoms with van der Waals surface area (Å²) in [4.78, 5) is 15.0. The summed E-state index contributed by atoms with van der Waals surface area (Å²) in [6.07, 6.45) is 0.969. The summed E-state index contributed by atoms with van der Waals surface area (Å²) in [6, 6.07) is 18.3. The molecule has 1 saturated heterocycles. The van der Waals surface area contributed by atoms with Crippen molar-refractivity contribution in [2.45, 2.75) is 38.8 Å². The average molecular weight is 293 g/mol. The molecule has 2 aromatic carbocycles. The quantitative estimate of drug-likeness (QED) is 0.781. The molecule has 0 amide bonds. The largest absolute Gasteiger partial charge is 0.292 e. The number of carbonyl (C=O) groups is 1. The lowest BCUT2D eigenvalue weighted by molar-refractivity contribution is 0.00762. The van der Waals surface area contributed by atoms with Gasteiger partial charge in [0.25, 0.3) is 0 Å². The maximum absolute atomic E-state index is 12.7. The van der Waals surface area contributed by atoms with Crippen molar-refractivity contribution >= 4 is 5.78 Å². The van der Waals surface area contributed by atoms with Crippen LogP contribution in [0, 0.1) is 0 Å². The Bertz CT molecular complexity index is 652. The first-order valence-electron chi connectivity index (χ1n) is 7.93. The van der Waals surface area contributed by atoms with Gasteiger partial charge >= 0.3 is 0 Å². The summed E-state index contributed by atoms with van der Waals surface area (Å²) in [5, 5.41) is 0. The minimum atomic E-state index is 0.0441. The van der Waals surface area contributed by atoms with Crippen LogP contribution in [0.25, 0.3) is 11.1 Å². The third kappa shape index (κ3) is 2.84. The average Bonchev–Trinajstić information content (AvgIpc) is 2.45. The van der Waals surface area contributed by atoms with E-state index in [1.165, 1.54) is 5.56 Å². The standard InChI is InChI=1S/C20H23NO/c1-20(2,3)21-14-13-18(21)19(22)17-11-9-16(10-12-17)15-7-5-4-6-8-15/h4-12,18H,13-14H2,1-3H3. The maximum atomic E-state index is 12.7. The van der Waals surface area contributed by atoms with E-state index in [0.29, 0.717) is 0 Å². The van der Waals surface area contributed by atoms with E-state index in [2.05, 4.69) is 37.8 Å². The SMILES string of the molecule is CC(C)(C)N1CCC1C(=O)c1ccc(-c2ccccc2)cc1. The van der Waals surface area contributed by atoms with E-state index >= 15 is 0 Å². The summed E-state index contributed by atoms with van der Waals surface area (Å²) in [5.74, 6) is 0.251. The van der Waals surface area contributed by atoms with Crippen LogP contribution in [-0.2, 0) is 0 Å². The van der Waals surface area contributed by atoms with Crippen LogP contribution in [0.3, 0.4) is 0 Å². The lowest BCUT2D eigenvalue weighted by Gasteiger charge is -2.48. The Morgan fingerprint density at radius 3 is 2.05 bits per heavy atom. The van der Waals surface area contributed by atoms with Gasteiger partial charge in [-0.2, -0.15) is 0 Å². The summed E-state index contributed by atoms with van der Waals surface area (Å²) in [7, 11) is 0. The lowest BCUT2D eigenvalue weighted by atomic mass is 9.88. The highest BCUT2D eigenvalue weighted by Crippen LogP contribution is 2.30. The zero-order chi connectivity index (χ0) is 15.7. The molecule has 1 heterocycles. The molecule has 0 bridgehead atoms. The number of benzene rings is 2. The van der Waals surface area contributed by atoms with Crippen molar-refractivity contribution in [2.75, 3.05) is 6.54 Å². The smallest absolute Gasteiger partial charge is 0.180 e. The summed E-state index contributed by atoms with van der Waals surface area (Å²) >= 11 is 0. The molecule has 0 saturated carbocycles. The third-order valence-corrected chi connectivity index (χ3v) is 4.46. The van der Waals surface area contributed by atoms with E-state index in [4.69, 9.17) is 0 Å². The van der Waals surface area contributed by atoms with E-state index in [9.17, 15) is 4.79 Å². The fourth-order valence-electron chi connectivity index (χ4n) is 3.11. The molecular weight excluding hydrogens is 270 g/mol. The van der Waals surface area contributed by atoms with Crippen LogP contribution in [0.15, 0.2) is 54.6 Å². The third-order valence-electron chi connectivity index (χ3n) is 4.46. The van der Waals surface area contributed by atoms with Crippen LogP contribution in [0.5, 0.6) is 0 Å². The van der Waals surface area contributed by atoms with Crippen LogP contribution in [0.2, 0.25) is 0 Å². The molecule has 114 valence electrons. The number of likely N-dealkylation sites (tertiary alicyclic amines) is 1. The van der Waals surface area contributed by atoms with Gasteiger partial charge in [-0.3, -0.25) is 9.69 Å². The Kier molecular flexibility index (Phi) is 3.88. The lowest BCUT2D eigenvalue weighted by Crippen LogP contribution is -2.60. The predicted molar refractivity (Wildman–Crippen MR) is 91.1 cm³/mol. The summed E-state index contributed by atoms with van der Waals surface area (Å²) in [6.45, 7) is 7.53. The van der Waals surface area contributed by atoms with E-state index < -0.39 is 0 Å². The highest BCUT2D eigenvalue weighted by atomic mass is 16.1. The molecule has 2 nitrogen and oxygen atoms in total. The second-order valence-electron chi connectivity index (χ2n) is 6.98. The van der Waals surface area contributed by atoms with Gasteiger partial charge in [-0.05, 0) is 38.3 Å². The molecule has 0 aliphatic carbocycles. The first-order valence-corrected chi connectivity index (χ1v) is 7.93. The van der Waals surface area contributed by atoms with Gasteiger partial charge in [-0.25, -0.2) is 0 Å². The number of nitrogens with zero attached hydrogens (tertiary/aromatic N) is 1. The molecule has 0 aromatic heterocycles. The van der Waals surface area contributed by atoms with Crippen molar-refractivity contribution < 1.29 is 4.79 Å². The molecule has 0 radical (unpaired) electrons. The summed E-state index contributed by atoms with van der Waals surface area (Å²) < 4.78 is 0. The number of rotatable bonds is 3. The summed E-state index contributed by atoms with van der Waals surface area (Å²) in [5.41, 5.74) is 3.21. The zero-order valence-corrected chi connectivity index (χ0v) is 13.5. The van der Waals surface area contributed by atoms with Crippen LogP contribution < -0.4 is 0 Å². The van der Waals surface area contributed by atoms with Crippen LogP contribution in [0.4, 0.5) is 0 Å². The van der Waals surface area contributed by atoms with Gasteiger partial charge in [0.05, 0.1) is 6.04 Å². The van der Waals surface area contributed by atoms with Crippen LogP contribution in [0.1, 0.15) is 37.6 Å². The Balaban J connectivity index is 1.77. The second-order valence-corrected chi connectivity index (χ2v) is 6.98. The highest BCUT2D eigenvalue weighted by Gasteiger charge is 2.40. The number of hydrogen-bond acceptors (Lipinski definition) is 2. The van der Waals surface area contributed by atoms with Gasteiger partial charge in [0.15, 0.2) is 5.78 Å². The van der Waals surface area contributed by atoms with E-state index in [1.54, 1.807) is 0 Å². The first kappa shape index (κ1) is 15.0. The molecule has 0 spiro atoms. The topological polar surface area (TPSA) is 20.3 Å². The molecule has 2 aromatic rings. The van der Waals surface area contributed by atoms with Gasteiger partial charge in [-0.1, -0.05) is 54.6 Å². The minimum Gasteiger partial charge on any atom is -0.292 e. The second kappa shape index (κ2) is 5.69. The number of Topliss-reactive ketones (excluding diaryl/α,β-unsaturated/α-hetero) is 1. The number of hydrogen-bond donors (Lipinski definition) is 0. The Morgan fingerprint density at radius 2 is 1.55 bits per heavy atom. The molecule has 1 fully saturated rings. The van der Waals surface area contributed by atoms with Crippen molar-refractivity contribution in [3.05, 3.63) is 60.2 Å². The molecule has 1 atom stereocenters. The van der Waals surface area contributed by atoms with Gasteiger partial charge in [-0.15, -0.1) is 0 Å². The van der Waals surface area contributed by atoms with E-state index in [0.717, 1.165) is 24.1 Å². The fourth-order valence-corrected chi connectivity index (χ4v) is 3.11. The maximum Gasteiger partial charge on any atom is 0.180 e. The van der Waals surface area contributed by atoms with Gasteiger partial charge in [0.2, 0.25) is 0 Å². The zero-order valence-electron chi connectivity index (χ0n) is 13.5. The molecular formula is C20H23NO. The van der Waals surface area contributed by atoms with Crippen molar-refractivity contribution in [2.24, 2.45) is 0 Å². The number of carbonyl (C=O) groups excluding carboxylic acids is 1. The van der Waals surface area contributed by atoms with Gasteiger partial charge in [0.1, 0.15) is 0 Å². The molecule has 3 rings (SSSR count). The van der Waals surface area contributed by atoms with Crippen LogP contribution in [-0.4, -0.2) is 28.8 Å². The highest BCUT2D eigenvalue weighted by molar-refractivity contribution is 6.01. The number of ketones is 1. The normalized spacial score (nSPS) is 18.8. The van der Waals surface area contributed by atoms with Crippen molar-refractivity contribution in [1.82, 2.24) is 4.90 Å². The molecule has 2 heteroatoms.